The van der Waals surface area contributed by atoms with Crippen LogP contribution < -0.4 is 10.5 Å². The molecule has 20 heavy (non-hydrogen) atoms. The van der Waals surface area contributed by atoms with E-state index in [1.54, 1.807) is 0 Å². The third-order valence-corrected chi connectivity index (χ3v) is 3.64. The molecule has 0 spiro atoms. The number of aliphatic hydroxyl groups is 1. The van der Waals surface area contributed by atoms with E-state index in [9.17, 15) is 27.7 Å². The van der Waals surface area contributed by atoms with Crippen LogP contribution in [0.5, 0.6) is 0 Å². The highest BCUT2D eigenvalue weighted by Crippen LogP contribution is 2.20. The Kier molecular flexibility index (Phi) is 4.70. The predicted octanol–water partition coefficient (Wildman–Crippen LogP) is -1.14. The molecule has 0 saturated heterocycles. The summed E-state index contributed by atoms with van der Waals surface area (Å²) in [5.41, 5.74) is 3.85. The highest BCUT2D eigenvalue weighted by molar-refractivity contribution is 7.89. The number of sulfonamides is 1. The second kappa shape index (κ2) is 5.90. The Labute approximate surface area is 112 Å². The lowest BCUT2D eigenvalue weighted by molar-refractivity contribution is -0.387. The first kappa shape index (κ1) is 15.9. The van der Waals surface area contributed by atoms with Crippen molar-refractivity contribution < 1.29 is 27.6 Å². The number of carbonyl (C=O) groups is 1. The molecule has 0 fully saturated rings. The maximum absolute atomic E-state index is 13.3. The van der Waals surface area contributed by atoms with Gasteiger partial charge in [0.25, 0.3) is 0 Å². The highest BCUT2D eigenvalue weighted by atomic mass is 32.2. The summed E-state index contributed by atoms with van der Waals surface area (Å²) in [6.45, 7) is -0.698. The van der Waals surface area contributed by atoms with Crippen molar-refractivity contribution in [1.82, 2.24) is 4.72 Å². The Bertz CT molecular complexity index is 647. The zero-order valence-corrected chi connectivity index (χ0v) is 10.6. The number of rotatable bonds is 6. The molecule has 0 radical (unpaired) electrons. The van der Waals surface area contributed by atoms with Crippen LogP contribution in [0.15, 0.2) is 23.1 Å². The SMILES string of the molecule is NC(=O)C(O)CNS(=O)(=O)c1ccc([N+](=O)[O-])c(F)c1. The lowest BCUT2D eigenvalue weighted by atomic mass is 10.3. The third-order valence-electron chi connectivity index (χ3n) is 2.22. The lowest BCUT2D eigenvalue weighted by Crippen LogP contribution is -2.39. The van der Waals surface area contributed by atoms with E-state index in [1.807, 2.05) is 4.72 Å². The van der Waals surface area contributed by atoms with Crippen LogP contribution in [0.25, 0.3) is 0 Å². The number of nitro benzene ring substituents is 1. The summed E-state index contributed by atoms with van der Waals surface area (Å²) in [6.07, 6.45) is -1.74. The van der Waals surface area contributed by atoms with Gasteiger partial charge in [-0.05, 0) is 6.07 Å². The molecule has 110 valence electrons. The summed E-state index contributed by atoms with van der Waals surface area (Å²) in [5, 5.41) is 19.4. The molecule has 0 saturated carbocycles. The molecular formula is C9H10FN3O6S. The maximum Gasteiger partial charge on any atom is 0.304 e. The zero-order valence-electron chi connectivity index (χ0n) is 9.82. The summed E-state index contributed by atoms with van der Waals surface area (Å²) >= 11 is 0. The van der Waals surface area contributed by atoms with Crippen molar-refractivity contribution in [3.8, 4) is 0 Å². The van der Waals surface area contributed by atoms with Gasteiger partial charge >= 0.3 is 5.69 Å². The molecule has 0 aliphatic rings. The van der Waals surface area contributed by atoms with Gasteiger partial charge in [0.05, 0.1) is 9.82 Å². The van der Waals surface area contributed by atoms with Gasteiger partial charge in [0.2, 0.25) is 21.7 Å². The minimum atomic E-state index is -4.23. The third kappa shape index (κ3) is 3.69. The summed E-state index contributed by atoms with van der Waals surface area (Å²) in [7, 11) is -4.23. The normalized spacial score (nSPS) is 12.9. The smallest absolute Gasteiger partial charge is 0.304 e. The second-order valence-electron chi connectivity index (χ2n) is 3.64. The van der Waals surface area contributed by atoms with Gasteiger partial charge < -0.3 is 10.8 Å². The minimum absolute atomic E-state index is 0.455. The van der Waals surface area contributed by atoms with Crippen LogP contribution in [0.3, 0.4) is 0 Å². The quantitative estimate of drug-likeness (QED) is 0.446. The summed E-state index contributed by atoms with van der Waals surface area (Å²) in [6, 6.07) is 1.96. The van der Waals surface area contributed by atoms with Crippen LogP contribution in [0.2, 0.25) is 0 Å². The van der Waals surface area contributed by atoms with E-state index >= 15 is 0 Å². The number of carbonyl (C=O) groups excluding carboxylic acids is 1. The van der Waals surface area contributed by atoms with E-state index in [0.29, 0.717) is 12.1 Å². The first-order valence-corrected chi connectivity index (χ1v) is 6.54. The average molecular weight is 307 g/mol. The molecule has 0 heterocycles. The number of nitro groups is 1. The van der Waals surface area contributed by atoms with Crippen LogP contribution in [0.4, 0.5) is 10.1 Å². The standard InChI is InChI=1S/C9H10FN3O6S/c10-6-3-5(1-2-7(6)13(16)17)20(18,19)12-4-8(14)9(11)15/h1-3,8,12,14H,4H2,(H2,11,15). The van der Waals surface area contributed by atoms with Gasteiger partial charge in [0, 0.05) is 18.7 Å². The first-order chi connectivity index (χ1) is 9.15. The predicted molar refractivity (Wildman–Crippen MR) is 63.4 cm³/mol. The molecular weight excluding hydrogens is 297 g/mol. The number of amides is 1. The van der Waals surface area contributed by atoms with Gasteiger partial charge in [-0.3, -0.25) is 14.9 Å². The van der Waals surface area contributed by atoms with Crippen molar-refractivity contribution >= 4 is 21.6 Å². The number of hydrogen-bond acceptors (Lipinski definition) is 6. The Morgan fingerprint density at radius 1 is 1.55 bits per heavy atom. The van der Waals surface area contributed by atoms with E-state index in [0.717, 1.165) is 6.07 Å². The fourth-order valence-electron chi connectivity index (χ4n) is 1.18. The van der Waals surface area contributed by atoms with Crippen LogP contribution in [-0.4, -0.2) is 37.0 Å². The summed E-state index contributed by atoms with van der Waals surface area (Å²) in [4.78, 5) is 19.3. The summed E-state index contributed by atoms with van der Waals surface area (Å²) in [5.74, 6) is -2.46. The number of nitrogens with two attached hydrogens (primary N) is 1. The topological polar surface area (TPSA) is 153 Å². The van der Waals surface area contributed by atoms with Crippen molar-refractivity contribution in [3.63, 3.8) is 0 Å². The molecule has 0 aliphatic heterocycles. The van der Waals surface area contributed by atoms with E-state index in [1.165, 1.54) is 0 Å². The monoisotopic (exact) mass is 307 g/mol. The van der Waals surface area contributed by atoms with Crippen molar-refractivity contribution in [2.45, 2.75) is 11.0 Å². The highest BCUT2D eigenvalue weighted by Gasteiger charge is 2.22. The Morgan fingerprint density at radius 2 is 2.15 bits per heavy atom. The minimum Gasteiger partial charge on any atom is -0.382 e. The number of halogens is 1. The van der Waals surface area contributed by atoms with Gasteiger partial charge in [-0.15, -0.1) is 0 Å². The Morgan fingerprint density at radius 3 is 2.60 bits per heavy atom. The van der Waals surface area contributed by atoms with Gasteiger partial charge in [-0.1, -0.05) is 0 Å². The molecule has 0 bridgehead atoms. The molecule has 1 atom stereocenters. The zero-order chi connectivity index (χ0) is 15.5. The number of aliphatic hydroxyl groups excluding tert-OH is 1. The molecule has 1 amide bonds. The van der Waals surface area contributed by atoms with E-state index in [4.69, 9.17) is 10.8 Å². The van der Waals surface area contributed by atoms with Gasteiger partial charge in [-0.25, -0.2) is 13.1 Å². The second-order valence-corrected chi connectivity index (χ2v) is 5.41. The molecule has 0 aliphatic carbocycles. The molecule has 1 unspecified atom stereocenters. The molecule has 1 aromatic rings. The fraction of sp³-hybridized carbons (Fsp3) is 0.222. The largest absolute Gasteiger partial charge is 0.382 e. The molecule has 4 N–H and O–H groups in total. The Hall–Kier alpha value is -2.11. The van der Waals surface area contributed by atoms with Gasteiger partial charge in [-0.2, -0.15) is 4.39 Å². The summed E-state index contributed by atoms with van der Waals surface area (Å²) < 4.78 is 38.5. The van der Waals surface area contributed by atoms with Gasteiger partial charge in [0.1, 0.15) is 6.10 Å². The molecule has 1 rings (SSSR count). The number of nitrogens with zero attached hydrogens (tertiary/aromatic N) is 1. The molecule has 0 aromatic heterocycles. The molecule has 11 heteroatoms. The van der Waals surface area contributed by atoms with Crippen LogP contribution in [0, 0.1) is 15.9 Å². The number of nitrogens with one attached hydrogen (secondary N) is 1. The van der Waals surface area contributed by atoms with Crippen LogP contribution >= 0.6 is 0 Å². The van der Waals surface area contributed by atoms with Crippen molar-refractivity contribution in [1.29, 1.82) is 0 Å². The first-order valence-electron chi connectivity index (χ1n) is 5.06. The van der Waals surface area contributed by atoms with Crippen molar-refractivity contribution in [2.75, 3.05) is 6.54 Å². The number of hydrogen-bond donors (Lipinski definition) is 3. The lowest BCUT2D eigenvalue weighted by Gasteiger charge is -2.09. The fourth-order valence-corrected chi connectivity index (χ4v) is 2.23. The maximum atomic E-state index is 13.3. The number of primary amides is 1. The molecule has 1 aromatic carbocycles. The van der Waals surface area contributed by atoms with E-state index in [-0.39, 0.29) is 0 Å². The van der Waals surface area contributed by atoms with Gasteiger partial charge in [0.15, 0.2) is 0 Å². The van der Waals surface area contributed by atoms with E-state index in [2.05, 4.69) is 0 Å². The Balaban J connectivity index is 2.96. The van der Waals surface area contributed by atoms with Crippen molar-refractivity contribution in [2.24, 2.45) is 5.73 Å². The van der Waals surface area contributed by atoms with Crippen LogP contribution in [0.1, 0.15) is 0 Å². The molecule has 9 nitrogen and oxygen atoms in total. The van der Waals surface area contributed by atoms with E-state index < -0.39 is 49.9 Å². The number of benzene rings is 1. The van der Waals surface area contributed by atoms with Crippen LogP contribution in [-0.2, 0) is 14.8 Å². The van der Waals surface area contributed by atoms with Crippen molar-refractivity contribution in [3.05, 3.63) is 34.1 Å². The average Bonchev–Trinajstić information content (AvgIpc) is 2.35.